The molecule has 20 heavy (non-hydrogen) atoms. The fraction of sp³-hybridized carbons (Fsp3) is 0.286. The minimum absolute atomic E-state index is 0.0969. The highest BCUT2D eigenvalue weighted by molar-refractivity contribution is 5.92. The Morgan fingerprint density at radius 1 is 1.30 bits per heavy atom. The maximum Gasteiger partial charge on any atom is 0.269 e. The van der Waals surface area contributed by atoms with Crippen LogP contribution >= 0.6 is 0 Å². The number of nitrogens with zero attached hydrogens (tertiary/aromatic N) is 1. The van der Waals surface area contributed by atoms with Crippen LogP contribution in [0.2, 0.25) is 0 Å². The summed E-state index contributed by atoms with van der Waals surface area (Å²) in [6, 6.07) is 8.08. The number of nitrogens with one attached hydrogen (secondary N) is 3. The number of H-pyrrole nitrogens is 1. The standard InChI is InChI=1S/C14H17FN4O/c1-10(11-2-4-12(15)5-3-11)16-8-9-17-14(20)13-6-7-18-19-13/h2-7,10,16H,8-9H2,1H3,(H,17,20)(H,18,19)/t10-/m0/s1. The first-order valence-electron chi connectivity index (χ1n) is 6.43. The van der Waals surface area contributed by atoms with Crippen LogP contribution in [-0.4, -0.2) is 29.2 Å². The average molecular weight is 276 g/mol. The molecule has 0 radical (unpaired) electrons. The van der Waals surface area contributed by atoms with Gasteiger partial charge < -0.3 is 10.6 Å². The largest absolute Gasteiger partial charge is 0.349 e. The Labute approximate surface area is 116 Å². The van der Waals surface area contributed by atoms with Crippen molar-refractivity contribution in [3.8, 4) is 0 Å². The summed E-state index contributed by atoms with van der Waals surface area (Å²) in [4.78, 5) is 11.6. The molecule has 2 aromatic rings. The molecule has 0 aliphatic rings. The lowest BCUT2D eigenvalue weighted by Gasteiger charge is -2.14. The second kappa shape index (κ2) is 6.81. The van der Waals surface area contributed by atoms with Crippen LogP contribution in [0.1, 0.15) is 29.0 Å². The van der Waals surface area contributed by atoms with Crippen LogP contribution in [0, 0.1) is 5.82 Å². The number of benzene rings is 1. The number of hydrogen-bond donors (Lipinski definition) is 3. The molecule has 0 saturated heterocycles. The second-order valence-corrected chi connectivity index (χ2v) is 4.45. The van der Waals surface area contributed by atoms with E-state index in [9.17, 15) is 9.18 Å². The summed E-state index contributed by atoms with van der Waals surface area (Å²) in [6.45, 7) is 3.12. The van der Waals surface area contributed by atoms with Crippen LogP contribution in [0.15, 0.2) is 36.5 Å². The SMILES string of the molecule is C[C@H](NCCNC(=O)c1ccn[nH]1)c1ccc(F)cc1. The van der Waals surface area contributed by atoms with E-state index in [0.29, 0.717) is 18.8 Å². The molecule has 0 bridgehead atoms. The molecule has 0 saturated carbocycles. The highest BCUT2D eigenvalue weighted by Crippen LogP contribution is 2.12. The zero-order chi connectivity index (χ0) is 14.4. The summed E-state index contributed by atoms with van der Waals surface area (Å²) >= 11 is 0. The molecule has 3 N–H and O–H groups in total. The fourth-order valence-electron chi connectivity index (χ4n) is 1.81. The van der Waals surface area contributed by atoms with E-state index in [0.717, 1.165) is 5.56 Å². The van der Waals surface area contributed by atoms with Crippen molar-refractivity contribution in [2.45, 2.75) is 13.0 Å². The van der Waals surface area contributed by atoms with Crippen molar-refractivity contribution in [2.24, 2.45) is 0 Å². The molecule has 0 aliphatic carbocycles. The lowest BCUT2D eigenvalue weighted by Crippen LogP contribution is -2.33. The summed E-state index contributed by atoms with van der Waals surface area (Å²) in [5.41, 5.74) is 1.45. The molecule has 0 aliphatic heterocycles. The number of carbonyl (C=O) groups is 1. The van der Waals surface area contributed by atoms with Gasteiger partial charge in [0.1, 0.15) is 11.5 Å². The Hall–Kier alpha value is -2.21. The van der Waals surface area contributed by atoms with Crippen molar-refractivity contribution in [1.29, 1.82) is 0 Å². The van der Waals surface area contributed by atoms with Gasteiger partial charge in [-0.05, 0) is 30.7 Å². The third-order valence-corrected chi connectivity index (χ3v) is 2.98. The first kappa shape index (κ1) is 14.2. The summed E-state index contributed by atoms with van der Waals surface area (Å²) in [5, 5.41) is 12.3. The molecular formula is C14H17FN4O. The van der Waals surface area contributed by atoms with E-state index in [1.165, 1.54) is 18.3 Å². The minimum atomic E-state index is -0.243. The lowest BCUT2D eigenvalue weighted by molar-refractivity contribution is 0.0948. The Morgan fingerprint density at radius 2 is 2.05 bits per heavy atom. The van der Waals surface area contributed by atoms with Gasteiger partial charge in [-0.3, -0.25) is 9.89 Å². The third-order valence-electron chi connectivity index (χ3n) is 2.98. The van der Waals surface area contributed by atoms with Crippen molar-refractivity contribution in [3.63, 3.8) is 0 Å². The van der Waals surface area contributed by atoms with Gasteiger partial charge in [-0.15, -0.1) is 0 Å². The average Bonchev–Trinajstić information content (AvgIpc) is 2.98. The summed E-state index contributed by atoms with van der Waals surface area (Å²) in [7, 11) is 0. The molecular weight excluding hydrogens is 259 g/mol. The molecule has 0 spiro atoms. The zero-order valence-electron chi connectivity index (χ0n) is 11.2. The number of aromatic nitrogens is 2. The second-order valence-electron chi connectivity index (χ2n) is 4.45. The number of hydrogen-bond acceptors (Lipinski definition) is 3. The molecule has 0 unspecified atom stereocenters. The van der Waals surface area contributed by atoms with Crippen molar-refractivity contribution < 1.29 is 9.18 Å². The monoisotopic (exact) mass is 276 g/mol. The van der Waals surface area contributed by atoms with Gasteiger partial charge in [-0.25, -0.2) is 4.39 Å². The maximum absolute atomic E-state index is 12.8. The minimum Gasteiger partial charge on any atom is -0.349 e. The van der Waals surface area contributed by atoms with E-state index in [2.05, 4.69) is 20.8 Å². The van der Waals surface area contributed by atoms with E-state index in [4.69, 9.17) is 0 Å². The van der Waals surface area contributed by atoms with E-state index in [1.54, 1.807) is 18.2 Å². The Morgan fingerprint density at radius 3 is 2.70 bits per heavy atom. The number of carbonyl (C=O) groups excluding carboxylic acids is 1. The molecule has 106 valence electrons. The van der Waals surface area contributed by atoms with Crippen molar-refractivity contribution in [1.82, 2.24) is 20.8 Å². The molecule has 1 aromatic carbocycles. The molecule has 2 rings (SSSR count). The topological polar surface area (TPSA) is 69.8 Å². The van der Waals surface area contributed by atoms with Crippen LogP contribution in [-0.2, 0) is 0 Å². The van der Waals surface area contributed by atoms with Gasteiger partial charge in [0.05, 0.1) is 0 Å². The van der Waals surface area contributed by atoms with Gasteiger partial charge in [-0.1, -0.05) is 12.1 Å². The molecule has 0 fully saturated rings. The van der Waals surface area contributed by atoms with E-state index in [1.807, 2.05) is 6.92 Å². The van der Waals surface area contributed by atoms with E-state index in [-0.39, 0.29) is 17.8 Å². The molecule has 1 heterocycles. The fourth-order valence-corrected chi connectivity index (χ4v) is 1.81. The van der Waals surface area contributed by atoms with Gasteiger partial charge >= 0.3 is 0 Å². The number of amides is 1. The van der Waals surface area contributed by atoms with E-state index >= 15 is 0 Å². The van der Waals surface area contributed by atoms with Gasteiger partial charge in [0.25, 0.3) is 5.91 Å². The Balaban J connectivity index is 1.70. The normalized spacial score (nSPS) is 12.1. The number of halogens is 1. The van der Waals surface area contributed by atoms with Gasteiger partial charge in [0.15, 0.2) is 0 Å². The molecule has 6 heteroatoms. The first-order valence-corrected chi connectivity index (χ1v) is 6.43. The molecule has 1 amide bonds. The predicted molar refractivity (Wildman–Crippen MR) is 73.7 cm³/mol. The Bertz CT molecular complexity index is 539. The van der Waals surface area contributed by atoms with Crippen LogP contribution in [0.5, 0.6) is 0 Å². The maximum atomic E-state index is 12.8. The smallest absolute Gasteiger partial charge is 0.269 e. The Kier molecular flexibility index (Phi) is 4.84. The zero-order valence-corrected chi connectivity index (χ0v) is 11.2. The van der Waals surface area contributed by atoms with Crippen molar-refractivity contribution in [2.75, 3.05) is 13.1 Å². The van der Waals surface area contributed by atoms with E-state index < -0.39 is 0 Å². The summed E-state index contributed by atoms with van der Waals surface area (Å²) in [5.74, 6) is -0.425. The van der Waals surface area contributed by atoms with Gasteiger partial charge in [-0.2, -0.15) is 5.10 Å². The van der Waals surface area contributed by atoms with Crippen LogP contribution in [0.3, 0.4) is 0 Å². The first-order chi connectivity index (χ1) is 9.66. The van der Waals surface area contributed by atoms with Gasteiger partial charge in [0, 0.05) is 25.3 Å². The third kappa shape index (κ3) is 3.89. The number of aromatic amines is 1. The van der Waals surface area contributed by atoms with Crippen LogP contribution in [0.25, 0.3) is 0 Å². The van der Waals surface area contributed by atoms with Crippen molar-refractivity contribution in [3.05, 3.63) is 53.6 Å². The quantitative estimate of drug-likeness (QED) is 0.702. The number of rotatable bonds is 6. The lowest BCUT2D eigenvalue weighted by atomic mass is 10.1. The van der Waals surface area contributed by atoms with Crippen LogP contribution in [0.4, 0.5) is 4.39 Å². The van der Waals surface area contributed by atoms with Crippen molar-refractivity contribution >= 4 is 5.91 Å². The molecule has 1 aromatic heterocycles. The molecule has 1 atom stereocenters. The van der Waals surface area contributed by atoms with Gasteiger partial charge in [0.2, 0.25) is 0 Å². The highest BCUT2D eigenvalue weighted by atomic mass is 19.1. The highest BCUT2D eigenvalue weighted by Gasteiger charge is 2.07. The summed E-state index contributed by atoms with van der Waals surface area (Å²) < 4.78 is 12.8. The molecule has 5 nitrogen and oxygen atoms in total. The predicted octanol–water partition coefficient (Wildman–Crippen LogP) is 1.63. The van der Waals surface area contributed by atoms with Crippen LogP contribution < -0.4 is 10.6 Å². The summed E-state index contributed by atoms with van der Waals surface area (Å²) in [6.07, 6.45) is 1.53.